The summed E-state index contributed by atoms with van der Waals surface area (Å²) >= 11 is 0. The van der Waals surface area contributed by atoms with E-state index in [1.165, 1.54) is 5.56 Å². The first kappa shape index (κ1) is 24.8. The van der Waals surface area contributed by atoms with Crippen molar-refractivity contribution < 1.29 is 24.5 Å². The monoisotopic (exact) mass is 475 g/mol. The summed E-state index contributed by atoms with van der Waals surface area (Å²) in [7, 11) is 0. The second-order valence-corrected chi connectivity index (χ2v) is 9.33. The largest absolute Gasteiger partial charge is 0.491 e. The molecule has 3 aromatic rings. The maximum Gasteiger partial charge on any atom is 0.335 e. The minimum absolute atomic E-state index is 0.0408. The maximum atomic E-state index is 11.1. The Morgan fingerprint density at radius 3 is 2.60 bits per heavy atom. The molecular formula is C29H33NO5. The SMILES string of the molecule is CC(C)c1cccc(OC[C@@H](O)CNC[C@H]2CCc3cc(-c4ccc(C(=O)O)cc4)ccc3O2)c1. The number of ether oxygens (including phenoxy) is 2. The number of aryl methyl sites for hydroxylation is 1. The van der Waals surface area contributed by atoms with E-state index in [9.17, 15) is 9.90 Å². The van der Waals surface area contributed by atoms with Crippen molar-refractivity contribution in [3.8, 4) is 22.6 Å². The van der Waals surface area contributed by atoms with Crippen LogP contribution in [0, 0.1) is 0 Å². The standard InChI is InChI=1S/C29H33NO5/c1-19(2)22-4-3-5-26(15-22)34-18-25(31)16-30-17-27-12-10-24-14-23(11-13-28(24)35-27)20-6-8-21(9-7-20)29(32)33/h3-9,11,13-15,19,25,27,30-31H,10,12,16-18H2,1-2H3,(H,32,33)/t25-,27+/m0/s1. The van der Waals surface area contributed by atoms with Gasteiger partial charge in [0.25, 0.3) is 0 Å². The average Bonchev–Trinajstić information content (AvgIpc) is 2.87. The molecule has 0 unspecified atom stereocenters. The first-order valence-corrected chi connectivity index (χ1v) is 12.1. The first-order valence-electron chi connectivity index (χ1n) is 12.1. The second-order valence-electron chi connectivity index (χ2n) is 9.33. The van der Waals surface area contributed by atoms with Gasteiger partial charge < -0.3 is 25.0 Å². The van der Waals surface area contributed by atoms with E-state index in [2.05, 4.69) is 31.3 Å². The summed E-state index contributed by atoms with van der Waals surface area (Å²) in [5.41, 5.74) is 4.67. The predicted octanol–water partition coefficient (Wildman–Crippen LogP) is 4.90. The molecule has 35 heavy (non-hydrogen) atoms. The Morgan fingerprint density at radius 2 is 1.86 bits per heavy atom. The van der Waals surface area contributed by atoms with Gasteiger partial charge in [0.1, 0.15) is 30.3 Å². The van der Waals surface area contributed by atoms with Gasteiger partial charge >= 0.3 is 5.97 Å². The van der Waals surface area contributed by atoms with Gasteiger partial charge in [-0.2, -0.15) is 0 Å². The van der Waals surface area contributed by atoms with Crippen molar-refractivity contribution in [3.63, 3.8) is 0 Å². The average molecular weight is 476 g/mol. The summed E-state index contributed by atoms with van der Waals surface area (Å²) < 4.78 is 11.9. The molecule has 0 amide bonds. The molecule has 3 N–H and O–H groups in total. The molecule has 0 aromatic heterocycles. The van der Waals surface area contributed by atoms with Crippen LogP contribution in [0.25, 0.3) is 11.1 Å². The van der Waals surface area contributed by atoms with Gasteiger partial charge in [-0.15, -0.1) is 0 Å². The highest BCUT2D eigenvalue weighted by Crippen LogP contribution is 2.32. The topological polar surface area (TPSA) is 88.0 Å². The highest BCUT2D eigenvalue weighted by Gasteiger charge is 2.20. The summed E-state index contributed by atoms with van der Waals surface area (Å²) in [4.78, 5) is 11.1. The summed E-state index contributed by atoms with van der Waals surface area (Å²) in [6.45, 7) is 5.60. The molecule has 1 heterocycles. The van der Waals surface area contributed by atoms with Crippen LogP contribution in [0.15, 0.2) is 66.7 Å². The van der Waals surface area contributed by atoms with Gasteiger partial charge in [-0.25, -0.2) is 4.79 Å². The lowest BCUT2D eigenvalue weighted by molar-refractivity contribution is 0.0697. The fraction of sp³-hybridized carbons (Fsp3) is 0.345. The smallest absolute Gasteiger partial charge is 0.335 e. The Labute approximate surface area is 206 Å². The molecular weight excluding hydrogens is 442 g/mol. The minimum Gasteiger partial charge on any atom is -0.491 e. The molecule has 0 fully saturated rings. The molecule has 1 aliphatic rings. The number of benzene rings is 3. The number of aliphatic hydroxyl groups excluding tert-OH is 1. The molecule has 0 spiro atoms. The van der Waals surface area contributed by atoms with Crippen LogP contribution < -0.4 is 14.8 Å². The molecule has 0 bridgehead atoms. The van der Waals surface area contributed by atoms with E-state index in [4.69, 9.17) is 14.6 Å². The molecule has 4 rings (SSSR count). The zero-order valence-electron chi connectivity index (χ0n) is 20.2. The normalized spacial score (nSPS) is 15.8. The van der Waals surface area contributed by atoms with Crippen molar-refractivity contribution in [1.82, 2.24) is 5.32 Å². The molecule has 6 heteroatoms. The number of carboxylic acids is 1. The van der Waals surface area contributed by atoms with Gasteiger partial charge in [0.15, 0.2) is 0 Å². The van der Waals surface area contributed by atoms with E-state index in [0.717, 1.165) is 41.0 Å². The minimum atomic E-state index is -0.925. The molecule has 0 radical (unpaired) electrons. The second kappa shape index (κ2) is 11.4. The number of hydrogen-bond acceptors (Lipinski definition) is 5. The van der Waals surface area contributed by atoms with Crippen LogP contribution in [0.4, 0.5) is 0 Å². The van der Waals surface area contributed by atoms with Gasteiger partial charge in [0.2, 0.25) is 0 Å². The quantitative estimate of drug-likeness (QED) is 0.387. The van der Waals surface area contributed by atoms with Crippen molar-refractivity contribution in [2.75, 3.05) is 19.7 Å². The number of aliphatic hydroxyl groups is 1. The molecule has 0 aliphatic carbocycles. The summed E-state index contributed by atoms with van der Waals surface area (Å²) in [5, 5.41) is 22.7. The zero-order valence-corrected chi connectivity index (χ0v) is 20.2. The highest BCUT2D eigenvalue weighted by atomic mass is 16.5. The highest BCUT2D eigenvalue weighted by molar-refractivity contribution is 5.88. The van der Waals surface area contributed by atoms with Crippen LogP contribution in [-0.4, -0.2) is 48.1 Å². The number of rotatable bonds is 10. The Bertz CT molecular complexity index is 1140. The number of hydrogen-bond donors (Lipinski definition) is 3. The summed E-state index contributed by atoms with van der Waals surface area (Å²) in [5.74, 6) is 1.16. The lowest BCUT2D eigenvalue weighted by atomic mass is 9.96. The van der Waals surface area contributed by atoms with Crippen molar-refractivity contribution in [1.29, 1.82) is 0 Å². The van der Waals surface area contributed by atoms with Gasteiger partial charge in [0, 0.05) is 13.1 Å². The van der Waals surface area contributed by atoms with Crippen molar-refractivity contribution in [2.45, 2.75) is 44.8 Å². The Kier molecular flexibility index (Phi) is 8.06. The third-order valence-electron chi connectivity index (χ3n) is 6.27. The van der Waals surface area contributed by atoms with E-state index >= 15 is 0 Å². The van der Waals surface area contributed by atoms with E-state index < -0.39 is 12.1 Å². The number of nitrogens with one attached hydrogen (secondary N) is 1. The number of carbonyl (C=O) groups is 1. The van der Waals surface area contributed by atoms with E-state index in [1.54, 1.807) is 12.1 Å². The molecule has 2 atom stereocenters. The van der Waals surface area contributed by atoms with Crippen molar-refractivity contribution in [2.24, 2.45) is 0 Å². The number of carboxylic acid groups (broad SMARTS) is 1. The lowest BCUT2D eigenvalue weighted by Crippen LogP contribution is -2.39. The van der Waals surface area contributed by atoms with Crippen molar-refractivity contribution >= 4 is 5.97 Å². The molecule has 6 nitrogen and oxygen atoms in total. The van der Waals surface area contributed by atoms with E-state index in [-0.39, 0.29) is 18.3 Å². The summed E-state index contributed by atoms with van der Waals surface area (Å²) in [6, 6.07) is 21.0. The molecule has 184 valence electrons. The van der Waals surface area contributed by atoms with E-state index in [0.29, 0.717) is 19.0 Å². The Hall–Kier alpha value is -3.35. The van der Waals surface area contributed by atoms with Crippen molar-refractivity contribution in [3.05, 3.63) is 83.4 Å². The Balaban J connectivity index is 1.23. The van der Waals surface area contributed by atoms with Crippen LogP contribution >= 0.6 is 0 Å². The number of fused-ring (bicyclic) bond motifs is 1. The van der Waals surface area contributed by atoms with Gasteiger partial charge in [-0.3, -0.25) is 0 Å². The third-order valence-corrected chi connectivity index (χ3v) is 6.27. The number of aromatic carboxylic acids is 1. The predicted molar refractivity (Wildman–Crippen MR) is 136 cm³/mol. The third kappa shape index (κ3) is 6.62. The molecule has 0 saturated carbocycles. The zero-order chi connectivity index (χ0) is 24.8. The van der Waals surface area contributed by atoms with Crippen LogP contribution in [0.3, 0.4) is 0 Å². The van der Waals surface area contributed by atoms with Crippen LogP contribution in [0.1, 0.15) is 47.7 Å². The lowest BCUT2D eigenvalue weighted by Gasteiger charge is -2.27. The van der Waals surface area contributed by atoms with Gasteiger partial charge in [-0.05, 0) is 77.4 Å². The maximum absolute atomic E-state index is 11.1. The fourth-order valence-corrected chi connectivity index (χ4v) is 4.20. The van der Waals surface area contributed by atoms with Crippen LogP contribution in [-0.2, 0) is 6.42 Å². The first-order chi connectivity index (χ1) is 16.9. The van der Waals surface area contributed by atoms with Crippen LogP contribution in [0.5, 0.6) is 11.5 Å². The van der Waals surface area contributed by atoms with Crippen LogP contribution in [0.2, 0.25) is 0 Å². The van der Waals surface area contributed by atoms with E-state index in [1.807, 2.05) is 42.5 Å². The Morgan fingerprint density at radius 1 is 1.09 bits per heavy atom. The fourth-order valence-electron chi connectivity index (χ4n) is 4.20. The van der Waals surface area contributed by atoms with Gasteiger partial charge in [-0.1, -0.05) is 44.2 Å². The summed E-state index contributed by atoms with van der Waals surface area (Å²) in [6.07, 6.45) is 1.22. The van der Waals surface area contributed by atoms with Gasteiger partial charge in [0.05, 0.1) is 5.56 Å². The molecule has 1 aliphatic heterocycles. The molecule has 3 aromatic carbocycles. The molecule has 0 saturated heterocycles.